The Morgan fingerprint density at radius 2 is 1.78 bits per heavy atom. The Morgan fingerprint density at radius 3 is 2.44 bits per heavy atom. The normalized spacial score (nSPS) is 11.7. The zero-order chi connectivity index (χ0) is 19.4. The topological polar surface area (TPSA) is 53.3 Å². The molecule has 1 heterocycles. The zero-order valence-electron chi connectivity index (χ0n) is 16.4. The minimum absolute atomic E-state index is 0.338. The summed E-state index contributed by atoms with van der Waals surface area (Å²) >= 11 is 0. The second-order valence-corrected chi connectivity index (χ2v) is 13.4. The number of rotatable bonds is 7. The summed E-state index contributed by atoms with van der Waals surface area (Å²) in [5, 5.41) is 5.77. The molecule has 2 aromatic carbocycles. The summed E-state index contributed by atoms with van der Waals surface area (Å²) in [7, 11) is 0.262. The second kappa shape index (κ2) is 8.06. The average Bonchev–Trinajstić information content (AvgIpc) is 3.02. The van der Waals surface area contributed by atoms with Crippen LogP contribution in [0.4, 0.5) is 0 Å². The van der Waals surface area contributed by atoms with Crippen LogP contribution in [0.3, 0.4) is 0 Å². The highest BCUT2D eigenvalue weighted by Crippen LogP contribution is 2.29. The quantitative estimate of drug-likeness (QED) is 0.334. The van der Waals surface area contributed by atoms with Gasteiger partial charge in [0.05, 0.1) is 23.9 Å². The Labute approximate surface area is 160 Å². The molecular weight excluding hydrogens is 356 g/mol. The number of esters is 1. The summed E-state index contributed by atoms with van der Waals surface area (Å²) in [6.07, 6.45) is 0. The Hall–Kier alpha value is -2.44. The predicted molar refractivity (Wildman–Crippen MR) is 111 cm³/mol. The summed E-state index contributed by atoms with van der Waals surface area (Å²) < 4.78 is 12.6. The van der Waals surface area contributed by atoms with E-state index in [1.165, 1.54) is 7.11 Å². The van der Waals surface area contributed by atoms with E-state index in [9.17, 15) is 4.79 Å². The molecule has 0 aliphatic heterocycles. The van der Waals surface area contributed by atoms with E-state index in [1.54, 1.807) is 12.1 Å². The molecule has 3 rings (SSSR count). The number of carbonyl (C=O) groups is 1. The van der Waals surface area contributed by atoms with Crippen LogP contribution in [0.1, 0.15) is 10.4 Å². The third-order valence-electron chi connectivity index (χ3n) is 4.44. The molecular formula is C21H26N2O3Si. The smallest absolute Gasteiger partial charge is 0.337 e. The summed E-state index contributed by atoms with van der Waals surface area (Å²) in [4.78, 5) is 11.7. The van der Waals surface area contributed by atoms with Crippen molar-refractivity contribution in [1.29, 1.82) is 0 Å². The molecule has 0 unspecified atom stereocenters. The van der Waals surface area contributed by atoms with Crippen molar-refractivity contribution in [2.75, 3.05) is 13.7 Å². The first-order valence-corrected chi connectivity index (χ1v) is 12.8. The van der Waals surface area contributed by atoms with E-state index in [0.29, 0.717) is 12.3 Å². The maximum atomic E-state index is 11.7. The van der Waals surface area contributed by atoms with Crippen molar-refractivity contribution in [1.82, 2.24) is 9.78 Å². The summed E-state index contributed by atoms with van der Waals surface area (Å²) in [5.74, 6) is -0.338. The van der Waals surface area contributed by atoms with Gasteiger partial charge in [0, 0.05) is 25.6 Å². The molecule has 0 bridgehead atoms. The molecule has 5 nitrogen and oxygen atoms in total. The monoisotopic (exact) mass is 382 g/mol. The number of nitrogens with zero attached hydrogens (tertiary/aromatic N) is 2. The largest absolute Gasteiger partial charge is 0.465 e. The average molecular weight is 383 g/mol. The molecule has 0 amide bonds. The van der Waals surface area contributed by atoms with Gasteiger partial charge in [0.15, 0.2) is 0 Å². The maximum Gasteiger partial charge on any atom is 0.337 e. The van der Waals surface area contributed by atoms with Gasteiger partial charge in [-0.15, -0.1) is 0 Å². The first kappa shape index (κ1) is 19.3. The highest BCUT2D eigenvalue weighted by molar-refractivity contribution is 6.76. The lowest BCUT2D eigenvalue weighted by atomic mass is 10.1. The Kier molecular flexibility index (Phi) is 5.77. The maximum absolute atomic E-state index is 11.7. The van der Waals surface area contributed by atoms with Crippen molar-refractivity contribution in [3.63, 3.8) is 0 Å². The third kappa shape index (κ3) is 4.64. The van der Waals surface area contributed by atoms with E-state index >= 15 is 0 Å². The van der Waals surface area contributed by atoms with E-state index < -0.39 is 8.07 Å². The van der Waals surface area contributed by atoms with Crippen LogP contribution in [-0.2, 0) is 16.2 Å². The van der Waals surface area contributed by atoms with Gasteiger partial charge < -0.3 is 9.47 Å². The van der Waals surface area contributed by atoms with Gasteiger partial charge in [-0.3, -0.25) is 0 Å². The minimum Gasteiger partial charge on any atom is -0.465 e. The summed E-state index contributed by atoms with van der Waals surface area (Å²) in [6.45, 7) is 8.17. The molecule has 0 radical (unpaired) electrons. The van der Waals surface area contributed by atoms with Crippen LogP contribution in [0.5, 0.6) is 0 Å². The van der Waals surface area contributed by atoms with E-state index in [2.05, 4.69) is 25.7 Å². The number of hydrogen-bond donors (Lipinski definition) is 0. The minimum atomic E-state index is -1.12. The van der Waals surface area contributed by atoms with Crippen LogP contribution in [0.25, 0.3) is 22.2 Å². The molecule has 6 heteroatoms. The van der Waals surface area contributed by atoms with Gasteiger partial charge in [0.2, 0.25) is 0 Å². The van der Waals surface area contributed by atoms with Gasteiger partial charge in [0.25, 0.3) is 0 Å². The SMILES string of the molecule is COC(=O)c1ccc(-c2c3ccccc3nn2COCC[Si](C)(C)C)cc1. The molecule has 0 saturated carbocycles. The molecule has 0 atom stereocenters. The van der Waals surface area contributed by atoms with Crippen LogP contribution in [0, 0.1) is 0 Å². The lowest BCUT2D eigenvalue weighted by Crippen LogP contribution is -2.22. The van der Waals surface area contributed by atoms with E-state index in [4.69, 9.17) is 14.6 Å². The highest BCUT2D eigenvalue weighted by Gasteiger charge is 2.15. The van der Waals surface area contributed by atoms with Gasteiger partial charge in [0.1, 0.15) is 6.73 Å². The first-order valence-electron chi connectivity index (χ1n) is 9.11. The van der Waals surface area contributed by atoms with Gasteiger partial charge in [-0.05, 0) is 24.2 Å². The van der Waals surface area contributed by atoms with E-state index in [1.807, 2.05) is 35.0 Å². The summed E-state index contributed by atoms with van der Waals surface area (Å²) in [6, 6.07) is 16.6. The zero-order valence-corrected chi connectivity index (χ0v) is 17.4. The number of ether oxygens (including phenoxy) is 2. The third-order valence-corrected chi connectivity index (χ3v) is 6.14. The van der Waals surface area contributed by atoms with Crippen LogP contribution in [-0.4, -0.2) is 37.5 Å². The van der Waals surface area contributed by atoms with Gasteiger partial charge in [-0.2, -0.15) is 5.10 Å². The van der Waals surface area contributed by atoms with Crippen LogP contribution in [0.15, 0.2) is 48.5 Å². The Balaban J connectivity index is 1.90. The van der Waals surface area contributed by atoms with Gasteiger partial charge in [-0.1, -0.05) is 50.0 Å². The van der Waals surface area contributed by atoms with Crippen LogP contribution in [0.2, 0.25) is 25.7 Å². The molecule has 0 fully saturated rings. The number of fused-ring (bicyclic) bond motifs is 1. The van der Waals surface area contributed by atoms with Crippen molar-refractivity contribution in [3.8, 4) is 11.3 Å². The molecule has 0 spiro atoms. The molecule has 27 heavy (non-hydrogen) atoms. The Bertz CT molecular complexity index is 927. The lowest BCUT2D eigenvalue weighted by molar-refractivity contribution is 0.0600. The highest BCUT2D eigenvalue weighted by atomic mass is 28.3. The number of methoxy groups -OCH3 is 1. The predicted octanol–water partition coefficient (Wildman–Crippen LogP) is 4.80. The molecule has 0 aliphatic carbocycles. The molecule has 0 saturated heterocycles. The molecule has 142 valence electrons. The fourth-order valence-electron chi connectivity index (χ4n) is 2.89. The van der Waals surface area contributed by atoms with Crippen LogP contribution < -0.4 is 0 Å². The molecule has 0 aliphatic rings. The van der Waals surface area contributed by atoms with Crippen molar-refractivity contribution >= 4 is 24.9 Å². The van der Waals surface area contributed by atoms with Crippen LogP contribution >= 0.6 is 0 Å². The van der Waals surface area contributed by atoms with Crippen molar-refractivity contribution in [2.24, 2.45) is 0 Å². The van der Waals surface area contributed by atoms with Crippen molar-refractivity contribution in [3.05, 3.63) is 54.1 Å². The number of benzene rings is 2. The number of carbonyl (C=O) groups excluding carboxylic acids is 1. The molecule has 1 aromatic heterocycles. The molecule has 3 aromatic rings. The van der Waals surface area contributed by atoms with E-state index in [-0.39, 0.29) is 5.97 Å². The van der Waals surface area contributed by atoms with Gasteiger partial charge in [-0.25, -0.2) is 9.48 Å². The van der Waals surface area contributed by atoms with E-state index in [0.717, 1.165) is 34.8 Å². The first-order chi connectivity index (χ1) is 12.9. The van der Waals surface area contributed by atoms with Gasteiger partial charge >= 0.3 is 5.97 Å². The standard InChI is InChI=1S/C21H26N2O3Si/c1-25-21(24)17-11-9-16(10-12-17)20-18-7-5-6-8-19(18)22-23(20)15-26-13-14-27(2,3)4/h5-12H,13-15H2,1-4H3. The number of hydrogen-bond acceptors (Lipinski definition) is 4. The summed E-state index contributed by atoms with van der Waals surface area (Å²) in [5.41, 5.74) is 3.45. The lowest BCUT2D eigenvalue weighted by Gasteiger charge is -2.16. The van der Waals surface area contributed by atoms with Crippen molar-refractivity contribution in [2.45, 2.75) is 32.4 Å². The fourth-order valence-corrected chi connectivity index (χ4v) is 3.65. The molecule has 0 N–H and O–H groups in total. The van der Waals surface area contributed by atoms with Crippen molar-refractivity contribution < 1.29 is 14.3 Å². The fraction of sp³-hybridized carbons (Fsp3) is 0.333. The second-order valence-electron chi connectivity index (χ2n) is 7.78. The number of aromatic nitrogens is 2. The Morgan fingerprint density at radius 1 is 1.07 bits per heavy atom.